The van der Waals surface area contributed by atoms with Crippen LogP contribution in [0.3, 0.4) is 0 Å². The third-order valence-corrected chi connectivity index (χ3v) is 9.29. The molecule has 178 valence electrons. The second-order valence-corrected chi connectivity index (χ2v) is 11.6. The third-order valence-electron chi connectivity index (χ3n) is 7.87. The highest BCUT2D eigenvalue weighted by atomic mass is 32.1. The van der Waals surface area contributed by atoms with Gasteiger partial charge in [-0.25, -0.2) is 4.79 Å². The number of hydrogen-bond acceptors (Lipinski definition) is 4. The second-order valence-electron chi connectivity index (χ2n) is 10.5. The minimum atomic E-state index is -0.756. The van der Waals surface area contributed by atoms with Crippen LogP contribution in [0.4, 0.5) is 0 Å². The SMILES string of the molecule is CCC(CC)(c1ccc(CC(C)C(C)(O)C(C)(C)C)c(C)c1)c1cc(C)c(C(=O)OC)s1. The van der Waals surface area contributed by atoms with Gasteiger partial charge in [0.1, 0.15) is 4.88 Å². The Bertz CT molecular complexity index is 942. The number of hydrogen-bond donors (Lipinski definition) is 1. The minimum absolute atomic E-state index is 0.131. The summed E-state index contributed by atoms with van der Waals surface area (Å²) in [5.41, 5.74) is 3.73. The molecule has 4 heteroatoms. The van der Waals surface area contributed by atoms with E-state index in [4.69, 9.17) is 4.74 Å². The fourth-order valence-electron chi connectivity index (χ4n) is 4.65. The lowest BCUT2D eigenvalue weighted by Crippen LogP contribution is -2.46. The average molecular weight is 459 g/mol. The van der Waals surface area contributed by atoms with Crippen molar-refractivity contribution < 1.29 is 14.6 Å². The molecule has 0 aliphatic rings. The molecule has 0 radical (unpaired) electrons. The van der Waals surface area contributed by atoms with Crippen molar-refractivity contribution in [3.8, 4) is 0 Å². The summed E-state index contributed by atoms with van der Waals surface area (Å²) >= 11 is 1.56. The Hall–Kier alpha value is -1.65. The number of methoxy groups -OCH3 is 1. The molecule has 2 atom stereocenters. The smallest absolute Gasteiger partial charge is 0.348 e. The molecule has 0 amide bonds. The predicted octanol–water partition coefficient (Wildman–Crippen LogP) is 7.23. The topological polar surface area (TPSA) is 46.5 Å². The molecule has 3 nitrogen and oxygen atoms in total. The number of rotatable bonds is 8. The van der Waals surface area contributed by atoms with E-state index in [1.165, 1.54) is 28.7 Å². The summed E-state index contributed by atoms with van der Waals surface area (Å²) in [6.07, 6.45) is 2.75. The molecule has 2 unspecified atom stereocenters. The lowest BCUT2D eigenvalue weighted by atomic mass is 9.68. The summed E-state index contributed by atoms with van der Waals surface area (Å²) in [6.45, 7) is 19.0. The molecular weight excluding hydrogens is 416 g/mol. The lowest BCUT2D eigenvalue weighted by Gasteiger charge is -2.42. The number of esters is 1. The highest BCUT2D eigenvalue weighted by Crippen LogP contribution is 2.44. The molecule has 2 rings (SSSR count). The summed E-state index contributed by atoms with van der Waals surface area (Å²) in [5, 5.41) is 11.1. The van der Waals surface area contributed by atoms with Gasteiger partial charge in [-0.3, -0.25) is 0 Å². The van der Waals surface area contributed by atoms with Crippen molar-refractivity contribution in [2.24, 2.45) is 11.3 Å². The van der Waals surface area contributed by atoms with Crippen LogP contribution in [0, 0.1) is 25.2 Å². The standard InChI is InChI=1S/C28H42O3S/c1-11-28(12-2,23-16-19(4)24(32-23)25(29)31-10)22-14-13-21(18(3)15-22)17-20(5)27(9,30)26(6,7)8/h13-16,20,30H,11-12,17H2,1-10H3. The maximum absolute atomic E-state index is 12.2. The second kappa shape index (κ2) is 9.69. The molecule has 0 saturated carbocycles. The molecule has 2 aromatic rings. The Labute approximate surface area is 199 Å². The third kappa shape index (κ3) is 4.82. The van der Waals surface area contributed by atoms with Gasteiger partial charge in [0.15, 0.2) is 0 Å². The Morgan fingerprint density at radius 2 is 1.66 bits per heavy atom. The number of benzene rings is 1. The number of aryl methyl sites for hydroxylation is 2. The molecule has 0 spiro atoms. The molecule has 1 aromatic heterocycles. The quantitative estimate of drug-likeness (QED) is 0.424. The summed E-state index contributed by atoms with van der Waals surface area (Å²) in [6, 6.07) is 8.96. The maximum atomic E-state index is 12.2. The van der Waals surface area contributed by atoms with Gasteiger partial charge in [-0.05, 0) is 79.7 Å². The van der Waals surface area contributed by atoms with Gasteiger partial charge in [0, 0.05) is 10.3 Å². The molecule has 0 aliphatic carbocycles. The summed E-state index contributed by atoms with van der Waals surface area (Å²) < 4.78 is 4.99. The number of thiophene rings is 1. The fraction of sp³-hybridized carbons (Fsp3) is 0.607. The first-order valence-electron chi connectivity index (χ1n) is 11.8. The van der Waals surface area contributed by atoms with Crippen molar-refractivity contribution in [1.29, 1.82) is 0 Å². The molecule has 32 heavy (non-hydrogen) atoms. The van der Waals surface area contributed by atoms with E-state index in [9.17, 15) is 9.90 Å². The van der Waals surface area contributed by atoms with E-state index in [0.29, 0.717) is 4.88 Å². The van der Waals surface area contributed by atoms with E-state index < -0.39 is 5.60 Å². The Kier molecular flexibility index (Phi) is 8.05. The number of ether oxygens (including phenoxy) is 1. The maximum Gasteiger partial charge on any atom is 0.348 e. The van der Waals surface area contributed by atoms with Gasteiger partial charge < -0.3 is 9.84 Å². The lowest BCUT2D eigenvalue weighted by molar-refractivity contribution is -0.0836. The van der Waals surface area contributed by atoms with Crippen molar-refractivity contribution in [3.63, 3.8) is 0 Å². The van der Waals surface area contributed by atoms with Crippen LogP contribution in [-0.2, 0) is 16.6 Å². The zero-order chi connectivity index (χ0) is 24.5. The Balaban J connectivity index is 2.46. The largest absolute Gasteiger partial charge is 0.465 e. The first kappa shape index (κ1) is 26.6. The molecule has 0 fully saturated rings. The van der Waals surface area contributed by atoms with E-state index >= 15 is 0 Å². The van der Waals surface area contributed by atoms with E-state index in [2.05, 4.69) is 72.7 Å². The van der Waals surface area contributed by atoms with Gasteiger partial charge in [0.05, 0.1) is 12.7 Å². The van der Waals surface area contributed by atoms with Crippen LogP contribution in [-0.4, -0.2) is 23.8 Å². The van der Waals surface area contributed by atoms with Crippen LogP contribution in [0.2, 0.25) is 0 Å². The van der Waals surface area contributed by atoms with Crippen molar-refractivity contribution >= 4 is 17.3 Å². The predicted molar refractivity (Wildman–Crippen MR) is 136 cm³/mol. The highest BCUT2D eigenvalue weighted by molar-refractivity contribution is 7.14. The van der Waals surface area contributed by atoms with Crippen LogP contribution in [0.25, 0.3) is 0 Å². The van der Waals surface area contributed by atoms with Crippen LogP contribution in [0.5, 0.6) is 0 Å². The fourth-order valence-corrected chi connectivity index (χ4v) is 6.10. The Morgan fingerprint density at radius 1 is 1.06 bits per heavy atom. The number of carbonyl (C=O) groups is 1. The summed E-state index contributed by atoms with van der Waals surface area (Å²) in [7, 11) is 1.44. The van der Waals surface area contributed by atoms with Crippen molar-refractivity contribution in [2.45, 2.75) is 92.6 Å². The van der Waals surface area contributed by atoms with Crippen LogP contribution >= 0.6 is 11.3 Å². The van der Waals surface area contributed by atoms with Crippen LogP contribution in [0.15, 0.2) is 24.3 Å². The van der Waals surface area contributed by atoms with Crippen molar-refractivity contribution in [2.75, 3.05) is 7.11 Å². The molecule has 1 heterocycles. The normalized spacial score (nSPS) is 15.3. The minimum Gasteiger partial charge on any atom is -0.465 e. The van der Waals surface area contributed by atoms with Gasteiger partial charge in [0.25, 0.3) is 0 Å². The number of carbonyl (C=O) groups excluding carboxylic acids is 1. The van der Waals surface area contributed by atoms with Crippen LogP contribution < -0.4 is 0 Å². The number of aliphatic hydroxyl groups is 1. The molecule has 1 aromatic carbocycles. The molecule has 1 N–H and O–H groups in total. The van der Waals surface area contributed by atoms with E-state index in [1.807, 2.05) is 13.8 Å². The Morgan fingerprint density at radius 3 is 2.12 bits per heavy atom. The van der Waals surface area contributed by atoms with Crippen molar-refractivity contribution in [3.05, 3.63) is 56.3 Å². The monoisotopic (exact) mass is 458 g/mol. The first-order chi connectivity index (χ1) is 14.7. The van der Waals surface area contributed by atoms with Gasteiger partial charge in [-0.1, -0.05) is 59.7 Å². The van der Waals surface area contributed by atoms with Gasteiger partial charge >= 0.3 is 5.97 Å². The van der Waals surface area contributed by atoms with Crippen molar-refractivity contribution in [1.82, 2.24) is 0 Å². The van der Waals surface area contributed by atoms with Gasteiger partial charge in [-0.15, -0.1) is 11.3 Å². The highest BCUT2D eigenvalue weighted by Gasteiger charge is 2.40. The molecule has 0 saturated heterocycles. The van der Waals surface area contributed by atoms with E-state index in [1.54, 1.807) is 11.3 Å². The van der Waals surface area contributed by atoms with Gasteiger partial charge in [0.2, 0.25) is 0 Å². The summed E-state index contributed by atoms with van der Waals surface area (Å²) in [5.74, 6) is -0.122. The first-order valence-corrected chi connectivity index (χ1v) is 12.6. The zero-order valence-electron chi connectivity index (χ0n) is 21.7. The average Bonchev–Trinajstić information content (AvgIpc) is 3.11. The van der Waals surface area contributed by atoms with Gasteiger partial charge in [-0.2, -0.15) is 0 Å². The molecule has 0 aliphatic heterocycles. The summed E-state index contributed by atoms with van der Waals surface area (Å²) in [4.78, 5) is 14.1. The zero-order valence-corrected chi connectivity index (χ0v) is 22.5. The molecular formula is C28H42O3S. The molecule has 0 bridgehead atoms. The van der Waals surface area contributed by atoms with E-state index in [0.717, 1.165) is 24.8 Å². The van der Waals surface area contributed by atoms with E-state index in [-0.39, 0.29) is 22.7 Å². The van der Waals surface area contributed by atoms with Crippen LogP contribution in [0.1, 0.15) is 98.1 Å².